The molecule has 0 saturated carbocycles. The summed E-state index contributed by atoms with van der Waals surface area (Å²) in [4.78, 5) is 11.2. The minimum Gasteiger partial charge on any atom is -0.598 e. The number of hydrogen-bond acceptors (Lipinski definition) is 3. The highest BCUT2D eigenvalue weighted by Gasteiger charge is 2.28. The fraction of sp³-hybridized carbons (Fsp3) is 0.500. The molecule has 0 aliphatic carbocycles. The third kappa shape index (κ3) is 4.86. The van der Waals surface area contributed by atoms with E-state index in [0.717, 1.165) is 11.3 Å². The fourth-order valence-electron chi connectivity index (χ4n) is 1.58. The molecule has 5 heteroatoms. The summed E-state index contributed by atoms with van der Waals surface area (Å²) in [7, 11) is 0. The molecule has 0 bridgehead atoms. The van der Waals surface area contributed by atoms with Crippen molar-refractivity contribution in [2.45, 2.75) is 45.4 Å². The maximum absolute atomic E-state index is 12.1. The van der Waals surface area contributed by atoms with Gasteiger partial charge in [-0.1, -0.05) is 18.2 Å². The van der Waals surface area contributed by atoms with Crippen LogP contribution in [0, 0.1) is 0 Å². The topological polar surface area (TPSA) is 64.2 Å². The van der Waals surface area contributed by atoms with Gasteiger partial charge in [0, 0.05) is 24.0 Å². The Kier molecular flexibility index (Phi) is 5.40. The van der Waals surface area contributed by atoms with Gasteiger partial charge in [0.15, 0.2) is 0 Å². The van der Waals surface area contributed by atoms with Crippen molar-refractivity contribution in [3.63, 3.8) is 0 Å². The predicted molar refractivity (Wildman–Crippen MR) is 80.2 cm³/mol. The zero-order valence-electron chi connectivity index (χ0n) is 12.1. The van der Waals surface area contributed by atoms with E-state index in [2.05, 4.69) is 10.0 Å². The molecule has 0 spiro atoms. The van der Waals surface area contributed by atoms with E-state index in [1.54, 1.807) is 0 Å². The molecule has 106 valence electrons. The zero-order valence-corrected chi connectivity index (χ0v) is 12.9. The Balaban J connectivity index is 2.87. The number of benzene rings is 1. The maximum atomic E-state index is 12.1. The Labute approximate surface area is 118 Å². The van der Waals surface area contributed by atoms with Gasteiger partial charge in [-0.15, -0.1) is 4.72 Å². The van der Waals surface area contributed by atoms with Crippen LogP contribution in [0.1, 0.15) is 46.2 Å². The van der Waals surface area contributed by atoms with Crippen LogP contribution in [-0.4, -0.2) is 15.2 Å². The number of hydrogen-bond donors (Lipinski definition) is 2. The quantitative estimate of drug-likeness (QED) is 0.835. The van der Waals surface area contributed by atoms with E-state index in [9.17, 15) is 9.35 Å². The molecule has 0 heterocycles. The summed E-state index contributed by atoms with van der Waals surface area (Å²) in [6.45, 7) is 9.17. The van der Waals surface area contributed by atoms with Gasteiger partial charge in [0.05, 0.1) is 6.04 Å². The minimum absolute atomic E-state index is 0.108. The first-order chi connectivity index (χ1) is 8.71. The summed E-state index contributed by atoms with van der Waals surface area (Å²) in [5.74, 6) is -0.114. The Morgan fingerprint density at radius 2 is 1.89 bits per heavy atom. The Morgan fingerprint density at radius 3 is 2.42 bits per heavy atom. The Morgan fingerprint density at radius 1 is 1.32 bits per heavy atom. The first-order valence-electron chi connectivity index (χ1n) is 6.26. The van der Waals surface area contributed by atoms with Gasteiger partial charge in [0.1, 0.15) is 4.75 Å². The molecule has 2 atom stereocenters. The van der Waals surface area contributed by atoms with Crippen molar-refractivity contribution in [1.82, 2.24) is 4.72 Å². The largest absolute Gasteiger partial charge is 0.598 e. The third-order valence-electron chi connectivity index (χ3n) is 2.58. The van der Waals surface area contributed by atoms with Crippen LogP contribution < -0.4 is 10.0 Å². The lowest BCUT2D eigenvalue weighted by atomic mass is 10.1. The van der Waals surface area contributed by atoms with Crippen molar-refractivity contribution in [3.8, 4) is 0 Å². The molecule has 0 radical (unpaired) electrons. The Hall–Kier alpha value is -1.04. The van der Waals surface area contributed by atoms with E-state index in [1.807, 2.05) is 52.0 Å². The van der Waals surface area contributed by atoms with E-state index in [-0.39, 0.29) is 16.7 Å². The predicted octanol–water partition coefficient (Wildman–Crippen LogP) is 2.76. The van der Waals surface area contributed by atoms with Crippen LogP contribution in [0.4, 0.5) is 5.69 Å². The molecule has 0 fully saturated rings. The molecule has 0 aliphatic rings. The second-order valence-corrected chi connectivity index (χ2v) is 7.49. The number of carbonyl (C=O) groups is 1. The van der Waals surface area contributed by atoms with Gasteiger partial charge in [-0.3, -0.25) is 4.79 Å². The molecule has 0 unspecified atom stereocenters. The van der Waals surface area contributed by atoms with Crippen LogP contribution in [0.3, 0.4) is 0 Å². The molecule has 2 N–H and O–H groups in total. The number of rotatable bonds is 4. The van der Waals surface area contributed by atoms with Crippen LogP contribution in [0.25, 0.3) is 0 Å². The lowest BCUT2D eigenvalue weighted by Crippen LogP contribution is -2.40. The van der Waals surface area contributed by atoms with E-state index in [0.29, 0.717) is 0 Å². The third-order valence-corrected chi connectivity index (χ3v) is 4.26. The normalized spacial score (nSPS) is 14.8. The van der Waals surface area contributed by atoms with E-state index in [4.69, 9.17) is 0 Å². The molecule has 1 aromatic carbocycles. The lowest BCUT2D eigenvalue weighted by molar-refractivity contribution is -0.114. The standard InChI is InChI=1S/C14H22N2O2S/c1-10(16-19(18)14(3,4)5)12-8-6-7-9-13(12)15-11(2)17/h6-10,16H,1-5H3,(H,15,17)/t10-,19-/m0/s1. The van der Waals surface area contributed by atoms with Crippen LogP contribution >= 0.6 is 0 Å². The molecule has 0 aliphatic heterocycles. The van der Waals surface area contributed by atoms with Gasteiger partial charge in [-0.25, -0.2) is 0 Å². The highest BCUT2D eigenvalue weighted by molar-refractivity contribution is 7.90. The van der Waals surface area contributed by atoms with Crippen molar-refractivity contribution >= 4 is 23.0 Å². The summed E-state index contributed by atoms with van der Waals surface area (Å²) in [5, 5.41) is 2.79. The van der Waals surface area contributed by atoms with Gasteiger partial charge in [-0.2, -0.15) is 0 Å². The van der Waals surface area contributed by atoms with Gasteiger partial charge in [0.25, 0.3) is 0 Å². The fourth-order valence-corrected chi connectivity index (χ4v) is 2.38. The van der Waals surface area contributed by atoms with Crippen molar-refractivity contribution in [2.75, 3.05) is 5.32 Å². The van der Waals surface area contributed by atoms with Crippen LogP contribution in [0.5, 0.6) is 0 Å². The summed E-state index contributed by atoms with van der Waals surface area (Å²) in [6, 6.07) is 7.42. The van der Waals surface area contributed by atoms with Crippen molar-refractivity contribution in [2.24, 2.45) is 0 Å². The van der Waals surface area contributed by atoms with E-state index < -0.39 is 11.4 Å². The molecule has 1 amide bonds. The first kappa shape index (κ1) is 16.0. The molecule has 0 aromatic heterocycles. The van der Waals surface area contributed by atoms with Crippen molar-refractivity contribution < 1.29 is 9.35 Å². The SMILES string of the molecule is CC(=O)Nc1ccccc1[C@H](C)N[S@@+]([O-])C(C)(C)C. The van der Waals surface area contributed by atoms with Gasteiger partial charge < -0.3 is 9.87 Å². The average Bonchev–Trinajstić information content (AvgIpc) is 2.27. The van der Waals surface area contributed by atoms with Crippen molar-refractivity contribution in [3.05, 3.63) is 29.8 Å². The second-order valence-electron chi connectivity index (χ2n) is 5.49. The molecular formula is C14H22N2O2S. The van der Waals surface area contributed by atoms with E-state index >= 15 is 0 Å². The number of nitrogens with one attached hydrogen (secondary N) is 2. The summed E-state index contributed by atoms with van der Waals surface area (Å²) in [5.41, 5.74) is 1.68. The number of para-hydroxylation sites is 1. The summed E-state index contributed by atoms with van der Waals surface area (Å²) < 4.78 is 14.8. The summed E-state index contributed by atoms with van der Waals surface area (Å²) in [6.07, 6.45) is 0. The Bertz CT molecular complexity index is 443. The molecule has 4 nitrogen and oxygen atoms in total. The monoisotopic (exact) mass is 282 g/mol. The summed E-state index contributed by atoms with van der Waals surface area (Å²) >= 11 is -1.15. The van der Waals surface area contributed by atoms with Gasteiger partial charge in [0.2, 0.25) is 5.91 Å². The number of anilines is 1. The smallest absolute Gasteiger partial charge is 0.221 e. The molecule has 0 saturated heterocycles. The lowest BCUT2D eigenvalue weighted by Gasteiger charge is -2.27. The molecule has 1 rings (SSSR count). The average molecular weight is 282 g/mol. The van der Waals surface area contributed by atoms with Gasteiger partial charge in [-0.05, 0) is 39.3 Å². The number of carbonyl (C=O) groups excluding carboxylic acids is 1. The zero-order chi connectivity index (χ0) is 14.6. The number of amides is 1. The highest BCUT2D eigenvalue weighted by Crippen LogP contribution is 2.25. The second kappa shape index (κ2) is 6.41. The van der Waals surface area contributed by atoms with Crippen molar-refractivity contribution in [1.29, 1.82) is 0 Å². The maximum Gasteiger partial charge on any atom is 0.221 e. The van der Waals surface area contributed by atoms with Gasteiger partial charge >= 0.3 is 0 Å². The molecule has 19 heavy (non-hydrogen) atoms. The minimum atomic E-state index is -1.15. The first-order valence-corrected chi connectivity index (χ1v) is 7.41. The van der Waals surface area contributed by atoms with E-state index in [1.165, 1.54) is 6.92 Å². The van der Waals surface area contributed by atoms with Crippen LogP contribution in [0.15, 0.2) is 24.3 Å². The highest BCUT2D eigenvalue weighted by atomic mass is 32.2. The molecular weight excluding hydrogens is 260 g/mol. The molecule has 1 aromatic rings. The van der Waals surface area contributed by atoms with Crippen LogP contribution in [0.2, 0.25) is 0 Å². The van der Waals surface area contributed by atoms with Crippen LogP contribution in [-0.2, 0) is 16.2 Å².